The number of hydrogen-bond acceptors (Lipinski definition) is 6. The summed E-state index contributed by atoms with van der Waals surface area (Å²) in [6, 6.07) is 2.29. The molecule has 0 bridgehead atoms. The molecule has 2 aromatic rings. The second-order valence-corrected chi connectivity index (χ2v) is 8.78. The van der Waals surface area contributed by atoms with Gasteiger partial charge in [0.05, 0.1) is 15.7 Å². The van der Waals surface area contributed by atoms with Crippen LogP contribution in [0.25, 0.3) is 0 Å². The Morgan fingerprint density at radius 3 is 2.15 bits per heavy atom. The Morgan fingerprint density at radius 2 is 1.56 bits per heavy atom. The van der Waals surface area contributed by atoms with Crippen LogP contribution in [0.4, 0.5) is 32.0 Å². The Morgan fingerprint density at radius 1 is 0.941 bits per heavy atom. The third-order valence-electron chi connectivity index (χ3n) is 5.63. The fourth-order valence-electron chi connectivity index (χ4n) is 4.17. The highest BCUT2D eigenvalue weighted by atomic mass is 79.9. The van der Waals surface area contributed by atoms with E-state index in [2.05, 4.69) is 25.9 Å². The van der Waals surface area contributed by atoms with Crippen LogP contribution in [0, 0.1) is 17.5 Å². The normalized spacial score (nSPS) is 18.0. The summed E-state index contributed by atoms with van der Waals surface area (Å²) < 4.78 is 87.2. The first-order valence-corrected chi connectivity index (χ1v) is 10.9. The van der Waals surface area contributed by atoms with Gasteiger partial charge in [-0.15, -0.1) is 0 Å². The fraction of sp³-hybridized carbons (Fsp3) is 0.333. The molecule has 13 heteroatoms. The van der Waals surface area contributed by atoms with Gasteiger partial charge in [0.2, 0.25) is 11.9 Å². The molecule has 0 saturated heterocycles. The van der Waals surface area contributed by atoms with Crippen molar-refractivity contribution < 1.29 is 31.1 Å². The highest BCUT2D eigenvalue weighted by Crippen LogP contribution is 2.44. The number of ether oxygens (including phenoxy) is 1. The van der Waals surface area contributed by atoms with Crippen molar-refractivity contribution in [1.82, 2.24) is 0 Å². The monoisotopic (exact) mass is 549 g/mol. The molecule has 1 spiro atoms. The van der Waals surface area contributed by atoms with Crippen molar-refractivity contribution in [2.75, 3.05) is 4.90 Å². The Kier molecular flexibility index (Phi) is 6.17. The van der Waals surface area contributed by atoms with Gasteiger partial charge in [0.15, 0.2) is 23.2 Å². The Hall–Kier alpha value is -2.96. The number of nitrogens with zero attached hydrogens (tertiary/aromatic N) is 3. The lowest BCUT2D eigenvalue weighted by Crippen LogP contribution is -2.58. The number of benzene rings is 2. The van der Waals surface area contributed by atoms with Gasteiger partial charge >= 0.3 is 6.18 Å². The standard InChI is InChI=1S/C21H18BrF6N5O/c22-11-8-15(33-19(30)31-18(29)32-20(33)4-2-1-3-5-20)12(23)9-16(11)34-17-13(24)6-10(7-14(17)25)21(26,27)28/h6-9H,1-5H2,(H4,29,30,31,32). The molecule has 6 nitrogen and oxygen atoms in total. The van der Waals surface area contributed by atoms with E-state index in [-0.39, 0.29) is 40.0 Å². The van der Waals surface area contributed by atoms with Gasteiger partial charge in [0.25, 0.3) is 0 Å². The summed E-state index contributed by atoms with van der Waals surface area (Å²) in [5, 5.41) is 0. The molecule has 182 valence electrons. The van der Waals surface area contributed by atoms with Gasteiger partial charge in [-0.1, -0.05) is 6.42 Å². The number of rotatable bonds is 3. The molecule has 2 aromatic carbocycles. The molecule has 34 heavy (non-hydrogen) atoms. The number of halogens is 7. The Bertz CT molecular complexity index is 1170. The van der Waals surface area contributed by atoms with Crippen molar-refractivity contribution in [2.24, 2.45) is 21.5 Å². The number of alkyl halides is 3. The zero-order valence-electron chi connectivity index (χ0n) is 17.4. The molecule has 1 aliphatic carbocycles. The Balaban J connectivity index is 1.72. The summed E-state index contributed by atoms with van der Waals surface area (Å²) in [5.74, 6) is -5.65. The largest absolute Gasteiger partial charge is 0.450 e. The number of nitrogens with two attached hydrogens (primary N) is 2. The highest BCUT2D eigenvalue weighted by molar-refractivity contribution is 9.10. The van der Waals surface area contributed by atoms with Crippen LogP contribution < -0.4 is 21.1 Å². The van der Waals surface area contributed by atoms with Gasteiger partial charge in [-0.3, -0.25) is 4.90 Å². The maximum Gasteiger partial charge on any atom is 0.416 e. The first kappa shape index (κ1) is 24.2. The lowest BCUT2D eigenvalue weighted by Gasteiger charge is -2.45. The van der Waals surface area contributed by atoms with E-state index in [1.54, 1.807) is 0 Å². The predicted octanol–water partition coefficient (Wildman–Crippen LogP) is 5.79. The number of aliphatic imine (C=N–C) groups is 2. The summed E-state index contributed by atoms with van der Waals surface area (Å²) >= 11 is 3.16. The van der Waals surface area contributed by atoms with Crippen LogP contribution in [-0.4, -0.2) is 17.6 Å². The van der Waals surface area contributed by atoms with Crippen molar-refractivity contribution in [3.63, 3.8) is 0 Å². The predicted molar refractivity (Wildman–Crippen MR) is 117 cm³/mol. The molecule has 1 aliphatic heterocycles. The van der Waals surface area contributed by atoms with Crippen LogP contribution in [0.1, 0.15) is 37.7 Å². The van der Waals surface area contributed by atoms with E-state index in [0.29, 0.717) is 12.8 Å². The molecule has 0 unspecified atom stereocenters. The zero-order valence-corrected chi connectivity index (χ0v) is 19.0. The average molecular weight is 550 g/mol. The van der Waals surface area contributed by atoms with Crippen LogP contribution in [0.5, 0.6) is 11.5 Å². The topological polar surface area (TPSA) is 89.2 Å². The number of anilines is 1. The highest BCUT2D eigenvalue weighted by Gasteiger charge is 2.44. The lowest BCUT2D eigenvalue weighted by atomic mass is 9.87. The van der Waals surface area contributed by atoms with E-state index >= 15 is 4.39 Å². The smallest absolute Gasteiger partial charge is 0.416 e. The van der Waals surface area contributed by atoms with Crippen LogP contribution in [-0.2, 0) is 6.18 Å². The van der Waals surface area contributed by atoms with Crippen molar-refractivity contribution in [1.29, 1.82) is 0 Å². The van der Waals surface area contributed by atoms with E-state index in [1.807, 2.05) is 0 Å². The Labute approximate surface area is 198 Å². The molecule has 2 aliphatic rings. The minimum Gasteiger partial charge on any atom is -0.450 e. The first-order chi connectivity index (χ1) is 15.9. The van der Waals surface area contributed by atoms with Gasteiger partial charge in [0, 0.05) is 6.07 Å². The van der Waals surface area contributed by atoms with Crippen molar-refractivity contribution in [3.05, 3.63) is 51.8 Å². The van der Waals surface area contributed by atoms with E-state index in [4.69, 9.17) is 16.2 Å². The third-order valence-corrected chi connectivity index (χ3v) is 6.25. The van der Waals surface area contributed by atoms with E-state index < -0.39 is 40.6 Å². The van der Waals surface area contributed by atoms with Crippen LogP contribution in [0.15, 0.2) is 38.7 Å². The summed E-state index contributed by atoms with van der Waals surface area (Å²) in [6.45, 7) is 0. The van der Waals surface area contributed by atoms with Crippen LogP contribution >= 0.6 is 15.9 Å². The van der Waals surface area contributed by atoms with Gasteiger partial charge in [-0.2, -0.15) is 18.2 Å². The van der Waals surface area contributed by atoms with E-state index in [1.165, 1.54) is 11.0 Å². The van der Waals surface area contributed by atoms with Gasteiger partial charge in [0.1, 0.15) is 11.4 Å². The van der Waals surface area contributed by atoms with Crippen molar-refractivity contribution >= 4 is 33.5 Å². The van der Waals surface area contributed by atoms with Gasteiger partial charge in [-0.25, -0.2) is 18.2 Å². The molecule has 0 atom stereocenters. The van der Waals surface area contributed by atoms with Crippen LogP contribution in [0.2, 0.25) is 0 Å². The lowest BCUT2D eigenvalue weighted by molar-refractivity contribution is -0.138. The maximum absolute atomic E-state index is 15.3. The second kappa shape index (κ2) is 8.67. The second-order valence-electron chi connectivity index (χ2n) is 7.92. The third kappa shape index (κ3) is 4.40. The molecule has 0 amide bonds. The molecule has 1 saturated carbocycles. The van der Waals surface area contributed by atoms with Gasteiger partial charge < -0.3 is 16.2 Å². The van der Waals surface area contributed by atoms with E-state index in [0.717, 1.165) is 25.3 Å². The SMILES string of the molecule is NC1=NC2(CCCCC2)N(c2cc(Br)c(Oc3c(F)cc(C(F)(F)F)cc3F)cc2F)C(N)=N1. The van der Waals surface area contributed by atoms with Crippen LogP contribution in [0.3, 0.4) is 0 Å². The molecule has 0 radical (unpaired) electrons. The molecular weight excluding hydrogens is 532 g/mol. The maximum atomic E-state index is 15.3. The van der Waals surface area contributed by atoms with Gasteiger partial charge in [-0.05, 0) is 59.8 Å². The van der Waals surface area contributed by atoms with Crippen molar-refractivity contribution in [3.8, 4) is 11.5 Å². The number of guanidine groups is 2. The van der Waals surface area contributed by atoms with E-state index in [9.17, 15) is 22.0 Å². The fourth-order valence-corrected chi connectivity index (χ4v) is 4.58. The summed E-state index contributed by atoms with van der Waals surface area (Å²) in [4.78, 5) is 9.81. The molecule has 4 N–H and O–H groups in total. The molecule has 4 rings (SSSR count). The number of hydrogen-bond donors (Lipinski definition) is 2. The first-order valence-electron chi connectivity index (χ1n) is 10.1. The average Bonchev–Trinajstić information content (AvgIpc) is 2.72. The molecule has 1 fully saturated rings. The minimum atomic E-state index is -4.95. The summed E-state index contributed by atoms with van der Waals surface area (Å²) in [6.07, 6.45) is -1.30. The summed E-state index contributed by atoms with van der Waals surface area (Å²) in [5.41, 5.74) is 9.40. The summed E-state index contributed by atoms with van der Waals surface area (Å²) in [7, 11) is 0. The molecule has 0 aromatic heterocycles. The minimum absolute atomic E-state index is 0.0247. The zero-order chi connectivity index (χ0) is 24.8. The molecule has 1 heterocycles. The van der Waals surface area contributed by atoms with Crippen molar-refractivity contribution in [2.45, 2.75) is 43.9 Å². The molecular formula is C21H18BrF6N5O. The quantitative estimate of drug-likeness (QED) is 0.474.